The minimum Gasteiger partial charge on any atom is -0.463 e. The molecule has 8 nitrogen and oxygen atoms in total. The third-order valence-electron chi connectivity index (χ3n) is 4.79. The summed E-state index contributed by atoms with van der Waals surface area (Å²) in [7, 11) is 0. The van der Waals surface area contributed by atoms with Crippen molar-refractivity contribution in [3.63, 3.8) is 0 Å². The molecule has 144 valence electrons. The summed E-state index contributed by atoms with van der Waals surface area (Å²) in [5, 5.41) is 21.0. The van der Waals surface area contributed by atoms with E-state index in [1.807, 2.05) is 48.5 Å². The van der Waals surface area contributed by atoms with Crippen molar-refractivity contribution >= 4 is 22.7 Å². The molecule has 0 aromatic heterocycles. The summed E-state index contributed by atoms with van der Waals surface area (Å²) >= 11 is 0. The van der Waals surface area contributed by atoms with Gasteiger partial charge in [-0.15, -0.1) is 0 Å². The molecule has 0 saturated heterocycles. The van der Waals surface area contributed by atoms with E-state index in [2.05, 4.69) is 5.53 Å². The summed E-state index contributed by atoms with van der Waals surface area (Å²) in [6.45, 7) is 3.57. The lowest BCUT2D eigenvalue weighted by molar-refractivity contribution is -0.139. The smallest absolute Gasteiger partial charge is 0.338 e. The maximum Gasteiger partial charge on any atom is 0.338 e. The Labute approximate surface area is 163 Å². The van der Waals surface area contributed by atoms with Gasteiger partial charge in [0, 0.05) is 5.70 Å². The van der Waals surface area contributed by atoms with Crippen LogP contribution in [0, 0.1) is 16.7 Å². The minimum atomic E-state index is -0.683. The van der Waals surface area contributed by atoms with Crippen molar-refractivity contribution < 1.29 is 9.53 Å². The van der Waals surface area contributed by atoms with Crippen LogP contribution >= 0.6 is 0 Å². The fourth-order valence-corrected chi connectivity index (χ4v) is 3.54. The highest BCUT2D eigenvalue weighted by atomic mass is 16.5. The van der Waals surface area contributed by atoms with Crippen LogP contribution in [0.15, 0.2) is 53.7 Å². The predicted molar refractivity (Wildman–Crippen MR) is 105 cm³/mol. The summed E-state index contributed by atoms with van der Waals surface area (Å²) < 4.78 is 5.30. The number of ether oxygens (including phenoxy) is 1. The molecule has 0 amide bonds. The number of nitrogens with zero attached hydrogens (tertiary/aromatic N) is 3. The maximum absolute atomic E-state index is 12.9. The first-order chi connectivity index (χ1) is 13.5. The molecular weight excluding hydrogens is 356 g/mol. The summed E-state index contributed by atoms with van der Waals surface area (Å²) in [6.07, 6.45) is 0. The molecule has 0 aliphatic carbocycles. The molecule has 0 spiro atoms. The molecule has 0 radical (unpaired) electrons. The Kier molecular flexibility index (Phi) is 5.59. The number of hydrazine groups is 2. The van der Waals surface area contributed by atoms with E-state index in [-0.39, 0.29) is 19.1 Å². The predicted octanol–water partition coefficient (Wildman–Crippen LogP) is 2.17. The van der Waals surface area contributed by atoms with E-state index in [1.54, 1.807) is 13.8 Å². The van der Waals surface area contributed by atoms with E-state index >= 15 is 0 Å². The Morgan fingerprint density at radius 2 is 2.04 bits per heavy atom. The second kappa shape index (κ2) is 8.08. The van der Waals surface area contributed by atoms with Crippen LogP contribution in [0.3, 0.4) is 0 Å². The van der Waals surface area contributed by atoms with E-state index < -0.39 is 12.0 Å². The Balaban J connectivity index is 2.29. The maximum atomic E-state index is 12.9. The van der Waals surface area contributed by atoms with Gasteiger partial charge in [-0.2, -0.15) is 10.8 Å². The zero-order valence-corrected chi connectivity index (χ0v) is 15.8. The highest BCUT2D eigenvalue weighted by Crippen LogP contribution is 2.39. The first-order valence-electron chi connectivity index (χ1n) is 8.89. The van der Waals surface area contributed by atoms with E-state index in [0.717, 1.165) is 16.3 Å². The fourth-order valence-electron chi connectivity index (χ4n) is 3.54. The van der Waals surface area contributed by atoms with E-state index in [4.69, 9.17) is 21.3 Å². The Bertz CT molecular complexity index is 988. The van der Waals surface area contributed by atoms with Gasteiger partial charge in [0.1, 0.15) is 12.6 Å². The standard InChI is InChI=1S/C20H22N6O2/c1-3-28-19(27)17-13(2)25(12-11-21)20(22)26(24-23)18(17)16-10-6-8-14-7-4-5-9-15(14)16/h4-10,18,22,24H,3,12,23H2,1-2H3. The number of nitriles is 1. The summed E-state index contributed by atoms with van der Waals surface area (Å²) in [4.78, 5) is 14.3. The zero-order chi connectivity index (χ0) is 20.3. The van der Waals surface area contributed by atoms with Crippen molar-refractivity contribution in [2.75, 3.05) is 13.2 Å². The molecule has 2 aromatic rings. The molecule has 1 atom stereocenters. The number of nitrogens with two attached hydrogens (primary N) is 1. The summed E-state index contributed by atoms with van der Waals surface area (Å²) in [5.41, 5.74) is 4.15. The first kappa shape index (κ1) is 19.4. The van der Waals surface area contributed by atoms with Crippen molar-refractivity contribution in [1.82, 2.24) is 15.4 Å². The number of fused-ring (bicyclic) bond motifs is 1. The van der Waals surface area contributed by atoms with Gasteiger partial charge in [0.15, 0.2) is 0 Å². The largest absolute Gasteiger partial charge is 0.463 e. The van der Waals surface area contributed by atoms with Crippen molar-refractivity contribution in [2.24, 2.45) is 5.84 Å². The number of hydrogen-bond acceptors (Lipinski definition) is 6. The molecule has 0 fully saturated rings. The van der Waals surface area contributed by atoms with Crippen LogP contribution in [0.1, 0.15) is 25.5 Å². The molecule has 1 aliphatic heterocycles. The van der Waals surface area contributed by atoms with Crippen molar-refractivity contribution in [3.8, 4) is 6.07 Å². The van der Waals surface area contributed by atoms with Crippen LogP contribution in [0.4, 0.5) is 0 Å². The van der Waals surface area contributed by atoms with Crippen LogP contribution in [-0.2, 0) is 9.53 Å². The van der Waals surface area contributed by atoms with Crippen molar-refractivity contribution in [1.29, 1.82) is 10.7 Å². The lowest BCUT2D eigenvalue weighted by Crippen LogP contribution is -2.58. The van der Waals surface area contributed by atoms with Crippen molar-refractivity contribution in [2.45, 2.75) is 19.9 Å². The molecule has 2 aromatic carbocycles. The van der Waals surface area contributed by atoms with Gasteiger partial charge in [-0.05, 0) is 30.2 Å². The number of rotatable bonds is 5. The summed E-state index contributed by atoms with van der Waals surface area (Å²) in [5.74, 6) is 5.23. The van der Waals surface area contributed by atoms with Crippen LogP contribution in [-0.4, -0.2) is 35.0 Å². The average Bonchev–Trinajstić information content (AvgIpc) is 2.70. The zero-order valence-electron chi connectivity index (χ0n) is 15.8. The normalized spacial score (nSPS) is 17.1. The lowest BCUT2D eigenvalue weighted by atomic mass is 9.90. The van der Waals surface area contributed by atoms with Gasteiger partial charge in [0.05, 0.1) is 18.2 Å². The second-order valence-corrected chi connectivity index (χ2v) is 6.26. The number of esters is 1. The highest BCUT2D eigenvalue weighted by Gasteiger charge is 2.41. The quantitative estimate of drug-likeness (QED) is 0.316. The first-order valence-corrected chi connectivity index (χ1v) is 8.89. The average molecular weight is 378 g/mol. The second-order valence-electron chi connectivity index (χ2n) is 6.26. The number of guanidine groups is 1. The third kappa shape index (κ3) is 3.17. The van der Waals surface area contributed by atoms with Gasteiger partial charge in [-0.3, -0.25) is 16.3 Å². The van der Waals surface area contributed by atoms with Crippen LogP contribution in [0.25, 0.3) is 10.8 Å². The molecule has 0 saturated carbocycles. The number of allylic oxidation sites excluding steroid dienone is 1. The number of carbonyl (C=O) groups excluding carboxylic acids is 1. The fraction of sp³-hybridized carbons (Fsp3) is 0.250. The number of carbonyl (C=O) groups is 1. The molecule has 4 N–H and O–H groups in total. The van der Waals surface area contributed by atoms with E-state index in [0.29, 0.717) is 11.3 Å². The molecule has 0 bridgehead atoms. The van der Waals surface area contributed by atoms with Crippen molar-refractivity contribution in [3.05, 3.63) is 59.3 Å². The van der Waals surface area contributed by atoms with E-state index in [1.165, 1.54) is 9.91 Å². The Hall–Kier alpha value is -3.41. The van der Waals surface area contributed by atoms with Crippen LogP contribution in [0.2, 0.25) is 0 Å². The Morgan fingerprint density at radius 3 is 2.71 bits per heavy atom. The van der Waals surface area contributed by atoms with Gasteiger partial charge in [0.25, 0.3) is 0 Å². The van der Waals surface area contributed by atoms with Gasteiger partial charge >= 0.3 is 5.97 Å². The molecule has 28 heavy (non-hydrogen) atoms. The third-order valence-corrected chi connectivity index (χ3v) is 4.79. The molecular formula is C20H22N6O2. The molecule has 1 unspecified atom stereocenters. The van der Waals surface area contributed by atoms with Crippen LogP contribution < -0.4 is 11.4 Å². The van der Waals surface area contributed by atoms with Gasteiger partial charge in [0.2, 0.25) is 5.96 Å². The molecule has 1 aliphatic rings. The van der Waals surface area contributed by atoms with Gasteiger partial charge in [-0.1, -0.05) is 42.5 Å². The van der Waals surface area contributed by atoms with Gasteiger partial charge < -0.3 is 9.64 Å². The topological polar surface area (TPSA) is 118 Å². The molecule has 1 heterocycles. The van der Waals surface area contributed by atoms with E-state index in [9.17, 15) is 4.79 Å². The highest BCUT2D eigenvalue weighted by molar-refractivity contribution is 5.97. The SMILES string of the molecule is CCOC(=O)C1=C(C)N(CC#N)C(=N)N(NN)C1c1cccc2ccccc12. The lowest BCUT2D eigenvalue weighted by Gasteiger charge is -2.43. The number of nitrogens with one attached hydrogen (secondary N) is 2. The van der Waals surface area contributed by atoms with Gasteiger partial charge in [-0.25, -0.2) is 4.79 Å². The Morgan fingerprint density at radius 1 is 1.32 bits per heavy atom. The molecule has 8 heteroatoms. The number of benzene rings is 2. The number of hydrogen-bond donors (Lipinski definition) is 3. The monoisotopic (exact) mass is 378 g/mol. The molecule has 3 rings (SSSR count). The minimum absolute atomic E-state index is 0.0208. The van der Waals surface area contributed by atoms with Crippen LogP contribution in [0.5, 0.6) is 0 Å². The summed E-state index contributed by atoms with van der Waals surface area (Å²) in [6, 6.07) is 14.9.